The SMILES string of the molecule is S=C(NCCc1c[nH]c2cc(OCc3ccccc3)ccc12)NCc1ccccc1. The van der Waals surface area contributed by atoms with E-state index in [0.717, 1.165) is 36.3 Å². The third kappa shape index (κ3) is 5.39. The van der Waals surface area contributed by atoms with E-state index < -0.39 is 0 Å². The van der Waals surface area contributed by atoms with Gasteiger partial charge in [-0.3, -0.25) is 0 Å². The van der Waals surface area contributed by atoms with Gasteiger partial charge in [0.1, 0.15) is 12.4 Å². The highest BCUT2D eigenvalue weighted by molar-refractivity contribution is 7.80. The first-order valence-corrected chi connectivity index (χ1v) is 10.5. The van der Waals surface area contributed by atoms with E-state index in [1.54, 1.807) is 0 Å². The maximum absolute atomic E-state index is 5.93. The van der Waals surface area contributed by atoms with Crippen LogP contribution >= 0.6 is 12.2 Å². The van der Waals surface area contributed by atoms with Crippen molar-refractivity contribution in [3.8, 4) is 5.75 Å². The Hall–Kier alpha value is -3.31. The van der Waals surface area contributed by atoms with Crippen LogP contribution in [0, 0.1) is 0 Å². The summed E-state index contributed by atoms with van der Waals surface area (Å²) in [6.07, 6.45) is 2.95. The molecule has 0 radical (unpaired) electrons. The van der Waals surface area contributed by atoms with Crippen molar-refractivity contribution in [3.05, 3.63) is 102 Å². The van der Waals surface area contributed by atoms with Crippen molar-refractivity contribution in [2.45, 2.75) is 19.6 Å². The molecule has 0 saturated heterocycles. The number of rotatable bonds is 8. The monoisotopic (exact) mass is 415 g/mol. The summed E-state index contributed by atoms with van der Waals surface area (Å²) in [6.45, 7) is 2.07. The van der Waals surface area contributed by atoms with Crippen LogP contribution in [0.15, 0.2) is 85.1 Å². The van der Waals surface area contributed by atoms with Crippen molar-refractivity contribution in [2.75, 3.05) is 6.54 Å². The first kappa shape index (κ1) is 20.0. The van der Waals surface area contributed by atoms with E-state index >= 15 is 0 Å². The number of aromatic nitrogens is 1. The van der Waals surface area contributed by atoms with Crippen LogP contribution in [0.25, 0.3) is 10.9 Å². The van der Waals surface area contributed by atoms with Gasteiger partial charge in [-0.05, 0) is 47.5 Å². The highest BCUT2D eigenvalue weighted by Crippen LogP contribution is 2.24. The first-order chi connectivity index (χ1) is 14.8. The fourth-order valence-corrected chi connectivity index (χ4v) is 3.53. The van der Waals surface area contributed by atoms with Gasteiger partial charge in [-0.2, -0.15) is 0 Å². The Kier molecular flexibility index (Phi) is 6.62. The van der Waals surface area contributed by atoms with Crippen LogP contribution in [0.1, 0.15) is 16.7 Å². The summed E-state index contributed by atoms with van der Waals surface area (Å²) in [5.41, 5.74) is 4.72. The van der Waals surface area contributed by atoms with Gasteiger partial charge in [0, 0.05) is 36.3 Å². The predicted octanol–water partition coefficient (Wildman–Crippen LogP) is 4.95. The lowest BCUT2D eigenvalue weighted by Crippen LogP contribution is -2.35. The lowest BCUT2D eigenvalue weighted by Gasteiger charge is -2.10. The molecule has 0 bridgehead atoms. The van der Waals surface area contributed by atoms with E-state index in [1.807, 2.05) is 42.5 Å². The van der Waals surface area contributed by atoms with Crippen molar-refractivity contribution < 1.29 is 4.74 Å². The van der Waals surface area contributed by atoms with Gasteiger partial charge in [0.15, 0.2) is 5.11 Å². The molecule has 0 aliphatic heterocycles. The number of aromatic amines is 1. The van der Waals surface area contributed by atoms with Crippen molar-refractivity contribution >= 4 is 28.2 Å². The van der Waals surface area contributed by atoms with Crippen LogP contribution in [-0.4, -0.2) is 16.6 Å². The zero-order chi connectivity index (χ0) is 20.6. The second-order valence-electron chi connectivity index (χ2n) is 7.14. The van der Waals surface area contributed by atoms with Crippen molar-refractivity contribution in [1.82, 2.24) is 15.6 Å². The summed E-state index contributed by atoms with van der Waals surface area (Å²) < 4.78 is 5.93. The quantitative estimate of drug-likeness (QED) is 0.356. The van der Waals surface area contributed by atoms with Crippen LogP contribution in [0.2, 0.25) is 0 Å². The van der Waals surface area contributed by atoms with Gasteiger partial charge in [0.05, 0.1) is 0 Å². The number of ether oxygens (including phenoxy) is 1. The topological polar surface area (TPSA) is 49.1 Å². The minimum absolute atomic E-state index is 0.567. The summed E-state index contributed by atoms with van der Waals surface area (Å²) in [5.74, 6) is 0.865. The normalized spacial score (nSPS) is 10.7. The molecule has 0 saturated carbocycles. The third-order valence-electron chi connectivity index (χ3n) is 4.96. The molecule has 0 spiro atoms. The maximum atomic E-state index is 5.93. The van der Waals surface area contributed by atoms with E-state index in [2.05, 4.69) is 58.2 Å². The van der Waals surface area contributed by atoms with Gasteiger partial charge in [0.25, 0.3) is 0 Å². The molecule has 0 aliphatic carbocycles. The Balaban J connectivity index is 1.27. The number of fused-ring (bicyclic) bond motifs is 1. The number of hydrogen-bond acceptors (Lipinski definition) is 2. The maximum Gasteiger partial charge on any atom is 0.166 e. The van der Waals surface area contributed by atoms with Crippen molar-refractivity contribution in [2.24, 2.45) is 0 Å². The fourth-order valence-electron chi connectivity index (χ4n) is 3.35. The standard InChI is InChI=1S/C25H25N3OS/c30-25(28-16-19-7-3-1-4-8-19)26-14-13-21-17-27-24-15-22(11-12-23(21)24)29-18-20-9-5-2-6-10-20/h1-12,15,17,27H,13-14,16,18H2,(H2,26,28,30). The van der Waals surface area contributed by atoms with E-state index in [9.17, 15) is 0 Å². The van der Waals surface area contributed by atoms with E-state index in [1.165, 1.54) is 16.5 Å². The molecule has 1 heterocycles. The molecule has 3 N–H and O–H groups in total. The second kappa shape index (κ2) is 9.94. The van der Waals surface area contributed by atoms with Gasteiger partial charge < -0.3 is 20.4 Å². The summed E-state index contributed by atoms with van der Waals surface area (Å²) >= 11 is 5.38. The second-order valence-corrected chi connectivity index (χ2v) is 7.55. The van der Waals surface area contributed by atoms with Crippen LogP contribution in [0.3, 0.4) is 0 Å². The van der Waals surface area contributed by atoms with Gasteiger partial charge in [-0.15, -0.1) is 0 Å². The zero-order valence-corrected chi connectivity index (χ0v) is 17.5. The van der Waals surface area contributed by atoms with Crippen LogP contribution < -0.4 is 15.4 Å². The molecule has 0 aliphatic rings. The highest BCUT2D eigenvalue weighted by Gasteiger charge is 2.06. The minimum atomic E-state index is 0.567. The smallest absolute Gasteiger partial charge is 0.166 e. The molecule has 152 valence electrons. The number of nitrogens with one attached hydrogen (secondary N) is 3. The summed E-state index contributed by atoms with van der Waals surface area (Å²) in [6, 6.07) is 26.6. The predicted molar refractivity (Wildman–Crippen MR) is 127 cm³/mol. The average Bonchev–Trinajstić information content (AvgIpc) is 3.20. The number of benzene rings is 3. The molecule has 4 rings (SSSR count). The van der Waals surface area contributed by atoms with Gasteiger partial charge in [-0.1, -0.05) is 60.7 Å². The molecule has 0 amide bonds. The van der Waals surface area contributed by atoms with Crippen molar-refractivity contribution in [3.63, 3.8) is 0 Å². The lowest BCUT2D eigenvalue weighted by molar-refractivity contribution is 0.306. The molecule has 0 fully saturated rings. The summed E-state index contributed by atoms with van der Waals surface area (Å²) in [7, 11) is 0. The number of thiocarbonyl (C=S) groups is 1. The molecular weight excluding hydrogens is 390 g/mol. The zero-order valence-electron chi connectivity index (χ0n) is 16.7. The Bertz CT molecular complexity index is 1090. The molecule has 4 nitrogen and oxygen atoms in total. The molecule has 3 aromatic carbocycles. The lowest BCUT2D eigenvalue weighted by atomic mass is 10.1. The fraction of sp³-hybridized carbons (Fsp3) is 0.160. The van der Waals surface area contributed by atoms with Gasteiger partial charge in [0.2, 0.25) is 0 Å². The largest absolute Gasteiger partial charge is 0.489 e. The Morgan fingerprint density at radius 2 is 1.60 bits per heavy atom. The van der Waals surface area contributed by atoms with Crippen LogP contribution in [0.5, 0.6) is 5.75 Å². The Labute approximate surface area is 182 Å². The van der Waals surface area contributed by atoms with Gasteiger partial charge >= 0.3 is 0 Å². The minimum Gasteiger partial charge on any atom is -0.489 e. The Morgan fingerprint density at radius 1 is 0.867 bits per heavy atom. The highest BCUT2D eigenvalue weighted by atomic mass is 32.1. The van der Waals surface area contributed by atoms with E-state index in [-0.39, 0.29) is 0 Å². The molecule has 30 heavy (non-hydrogen) atoms. The Morgan fingerprint density at radius 3 is 2.37 bits per heavy atom. The number of H-pyrrole nitrogens is 1. The summed E-state index contributed by atoms with van der Waals surface area (Å²) in [5, 5.41) is 8.43. The van der Waals surface area contributed by atoms with Crippen LogP contribution in [0.4, 0.5) is 0 Å². The van der Waals surface area contributed by atoms with E-state index in [0.29, 0.717) is 11.7 Å². The third-order valence-corrected chi connectivity index (χ3v) is 5.25. The molecule has 5 heteroatoms. The van der Waals surface area contributed by atoms with Crippen LogP contribution in [-0.2, 0) is 19.6 Å². The van der Waals surface area contributed by atoms with E-state index in [4.69, 9.17) is 17.0 Å². The summed E-state index contributed by atoms with van der Waals surface area (Å²) in [4.78, 5) is 3.36. The molecule has 0 atom stereocenters. The molecule has 1 aromatic heterocycles. The average molecular weight is 416 g/mol. The molecule has 0 unspecified atom stereocenters. The molecular formula is C25H25N3OS. The number of hydrogen-bond donors (Lipinski definition) is 3. The molecule has 4 aromatic rings. The van der Waals surface area contributed by atoms with Crippen molar-refractivity contribution in [1.29, 1.82) is 0 Å². The van der Waals surface area contributed by atoms with Gasteiger partial charge in [-0.25, -0.2) is 0 Å². The first-order valence-electron chi connectivity index (χ1n) is 10.1.